The van der Waals surface area contributed by atoms with E-state index < -0.39 is 0 Å². The first-order valence-corrected chi connectivity index (χ1v) is 5.70. The molecule has 3 nitrogen and oxygen atoms in total. The molecule has 0 bridgehead atoms. The summed E-state index contributed by atoms with van der Waals surface area (Å²) < 4.78 is 7.63. The Morgan fingerprint density at radius 2 is 2.36 bits per heavy atom. The molecular formula is C10H14N2OS. The highest BCUT2D eigenvalue weighted by molar-refractivity contribution is 7.15. The van der Waals surface area contributed by atoms with Gasteiger partial charge in [0.25, 0.3) is 0 Å². The van der Waals surface area contributed by atoms with Crippen LogP contribution in [0.3, 0.4) is 0 Å². The van der Waals surface area contributed by atoms with E-state index in [1.165, 1.54) is 5.69 Å². The van der Waals surface area contributed by atoms with E-state index in [2.05, 4.69) is 23.2 Å². The summed E-state index contributed by atoms with van der Waals surface area (Å²) in [7, 11) is 0. The van der Waals surface area contributed by atoms with Crippen LogP contribution in [0.25, 0.3) is 4.96 Å². The van der Waals surface area contributed by atoms with Crippen molar-refractivity contribution >= 4 is 16.3 Å². The number of fused-ring (bicyclic) bond motifs is 1. The maximum absolute atomic E-state index is 5.52. The fourth-order valence-electron chi connectivity index (χ4n) is 1.55. The van der Waals surface area contributed by atoms with Crippen LogP contribution in [0.1, 0.15) is 32.4 Å². The lowest BCUT2D eigenvalue weighted by atomic mass is 10.1. The largest absolute Gasteiger partial charge is 0.477 e. The summed E-state index contributed by atoms with van der Waals surface area (Å²) in [6.45, 7) is 6.97. The van der Waals surface area contributed by atoms with Gasteiger partial charge in [-0.3, -0.25) is 4.40 Å². The molecule has 0 aliphatic rings. The molecule has 0 radical (unpaired) electrons. The molecule has 2 aromatic heterocycles. The molecule has 4 heteroatoms. The topological polar surface area (TPSA) is 26.5 Å². The Morgan fingerprint density at radius 3 is 3.00 bits per heavy atom. The average Bonchev–Trinajstić information content (AvgIpc) is 2.62. The summed E-state index contributed by atoms with van der Waals surface area (Å²) in [6, 6.07) is 0. The van der Waals surface area contributed by atoms with Crippen LogP contribution < -0.4 is 4.74 Å². The molecule has 2 heterocycles. The predicted octanol–water partition coefficient (Wildman–Crippen LogP) is 2.92. The molecule has 0 unspecified atom stereocenters. The number of hydrogen-bond acceptors (Lipinski definition) is 3. The maximum atomic E-state index is 5.52. The molecule has 0 saturated carbocycles. The van der Waals surface area contributed by atoms with Crippen LogP contribution >= 0.6 is 11.3 Å². The molecule has 0 spiro atoms. The Bertz CT molecular complexity index is 430. The number of thiazole rings is 1. The van der Waals surface area contributed by atoms with Crippen molar-refractivity contribution in [2.24, 2.45) is 0 Å². The van der Waals surface area contributed by atoms with E-state index in [0.29, 0.717) is 12.5 Å². The van der Waals surface area contributed by atoms with Gasteiger partial charge in [-0.05, 0) is 12.8 Å². The Labute approximate surface area is 87.3 Å². The summed E-state index contributed by atoms with van der Waals surface area (Å²) in [5, 5.41) is 2.05. The highest BCUT2D eigenvalue weighted by Gasteiger charge is 2.16. The van der Waals surface area contributed by atoms with Gasteiger partial charge in [-0.15, -0.1) is 11.3 Å². The molecule has 14 heavy (non-hydrogen) atoms. The lowest BCUT2D eigenvalue weighted by Gasteiger charge is -2.06. The monoisotopic (exact) mass is 210 g/mol. The zero-order valence-electron chi connectivity index (χ0n) is 8.65. The summed E-state index contributed by atoms with van der Waals surface area (Å²) in [5.74, 6) is 1.22. The number of rotatable bonds is 3. The smallest absolute Gasteiger partial charge is 0.236 e. The van der Waals surface area contributed by atoms with Crippen LogP contribution in [0.2, 0.25) is 0 Å². The van der Waals surface area contributed by atoms with Crippen molar-refractivity contribution in [3.8, 4) is 5.88 Å². The quantitative estimate of drug-likeness (QED) is 0.778. The van der Waals surface area contributed by atoms with Crippen molar-refractivity contribution in [1.29, 1.82) is 0 Å². The summed E-state index contributed by atoms with van der Waals surface area (Å²) in [6.07, 6.45) is 2.05. The van der Waals surface area contributed by atoms with Crippen molar-refractivity contribution in [2.45, 2.75) is 26.7 Å². The maximum Gasteiger partial charge on any atom is 0.236 e. The number of aromatic nitrogens is 2. The van der Waals surface area contributed by atoms with Crippen LogP contribution in [-0.4, -0.2) is 16.0 Å². The van der Waals surface area contributed by atoms with Crippen molar-refractivity contribution in [3.05, 3.63) is 17.3 Å². The van der Waals surface area contributed by atoms with Crippen LogP contribution in [0.15, 0.2) is 11.6 Å². The standard InChI is InChI=1S/C10H14N2OS/c1-4-13-9-8(7(2)3)12-5-6-14-10(12)11-9/h5-7H,4H2,1-3H3. The van der Waals surface area contributed by atoms with Crippen LogP contribution in [-0.2, 0) is 0 Å². The van der Waals surface area contributed by atoms with E-state index in [-0.39, 0.29) is 0 Å². The molecule has 0 fully saturated rings. The van der Waals surface area contributed by atoms with Gasteiger partial charge >= 0.3 is 0 Å². The summed E-state index contributed by atoms with van der Waals surface area (Å²) in [5.41, 5.74) is 1.17. The van der Waals surface area contributed by atoms with Gasteiger partial charge in [0.15, 0.2) is 4.96 Å². The van der Waals surface area contributed by atoms with Crippen LogP contribution in [0.5, 0.6) is 5.88 Å². The van der Waals surface area contributed by atoms with E-state index in [1.807, 2.05) is 18.5 Å². The molecular weight excluding hydrogens is 196 g/mol. The lowest BCUT2D eigenvalue weighted by Crippen LogP contribution is -1.99. The Kier molecular flexibility index (Phi) is 2.46. The molecule has 2 rings (SSSR count). The van der Waals surface area contributed by atoms with E-state index >= 15 is 0 Å². The van der Waals surface area contributed by atoms with E-state index in [0.717, 1.165) is 10.8 Å². The molecule has 0 aliphatic heterocycles. The van der Waals surface area contributed by atoms with Gasteiger partial charge in [0.1, 0.15) is 0 Å². The molecule has 76 valence electrons. The van der Waals surface area contributed by atoms with Gasteiger partial charge < -0.3 is 4.74 Å². The second-order valence-electron chi connectivity index (χ2n) is 3.45. The van der Waals surface area contributed by atoms with E-state index in [1.54, 1.807) is 11.3 Å². The van der Waals surface area contributed by atoms with Gasteiger partial charge in [0, 0.05) is 11.6 Å². The SMILES string of the molecule is CCOc1nc2sccn2c1C(C)C. The first kappa shape index (κ1) is 9.52. The number of nitrogens with zero attached hydrogens (tertiary/aromatic N) is 2. The minimum Gasteiger partial charge on any atom is -0.477 e. The first-order valence-electron chi connectivity index (χ1n) is 4.82. The normalized spacial score (nSPS) is 11.4. The van der Waals surface area contributed by atoms with Crippen molar-refractivity contribution in [2.75, 3.05) is 6.61 Å². The fraction of sp³-hybridized carbons (Fsp3) is 0.500. The molecule has 0 aromatic carbocycles. The third kappa shape index (κ3) is 1.39. The minimum atomic E-state index is 0.432. The molecule has 0 N–H and O–H groups in total. The third-order valence-corrected chi connectivity index (χ3v) is 2.85. The van der Waals surface area contributed by atoms with Gasteiger partial charge in [-0.25, -0.2) is 0 Å². The second kappa shape index (κ2) is 3.61. The average molecular weight is 210 g/mol. The zero-order valence-corrected chi connectivity index (χ0v) is 9.47. The highest BCUT2D eigenvalue weighted by atomic mass is 32.1. The molecule has 0 saturated heterocycles. The van der Waals surface area contributed by atoms with E-state index in [4.69, 9.17) is 4.74 Å². The number of imidazole rings is 1. The molecule has 0 amide bonds. The van der Waals surface area contributed by atoms with Gasteiger partial charge in [0.2, 0.25) is 5.88 Å². The van der Waals surface area contributed by atoms with Crippen LogP contribution in [0.4, 0.5) is 0 Å². The van der Waals surface area contributed by atoms with Crippen molar-refractivity contribution < 1.29 is 4.74 Å². The Balaban J connectivity index is 2.57. The van der Waals surface area contributed by atoms with Crippen LogP contribution in [0, 0.1) is 0 Å². The molecule has 0 aliphatic carbocycles. The lowest BCUT2D eigenvalue weighted by molar-refractivity contribution is 0.323. The first-order chi connectivity index (χ1) is 6.74. The minimum absolute atomic E-state index is 0.432. The number of ether oxygens (including phenoxy) is 1. The molecule has 0 atom stereocenters. The number of hydrogen-bond donors (Lipinski definition) is 0. The molecule has 2 aromatic rings. The van der Waals surface area contributed by atoms with Crippen molar-refractivity contribution in [1.82, 2.24) is 9.38 Å². The Morgan fingerprint density at radius 1 is 1.57 bits per heavy atom. The van der Waals surface area contributed by atoms with Gasteiger partial charge in [-0.2, -0.15) is 4.98 Å². The van der Waals surface area contributed by atoms with Gasteiger partial charge in [-0.1, -0.05) is 13.8 Å². The highest BCUT2D eigenvalue weighted by Crippen LogP contribution is 2.29. The zero-order chi connectivity index (χ0) is 10.1. The summed E-state index contributed by atoms with van der Waals surface area (Å²) >= 11 is 1.64. The van der Waals surface area contributed by atoms with Gasteiger partial charge in [0.05, 0.1) is 12.3 Å². The third-order valence-electron chi connectivity index (χ3n) is 2.09. The summed E-state index contributed by atoms with van der Waals surface area (Å²) in [4.78, 5) is 5.45. The fourth-order valence-corrected chi connectivity index (χ4v) is 2.26. The Hall–Kier alpha value is -1.03. The predicted molar refractivity (Wildman–Crippen MR) is 58.3 cm³/mol. The second-order valence-corrected chi connectivity index (χ2v) is 4.32. The van der Waals surface area contributed by atoms with Crippen molar-refractivity contribution in [3.63, 3.8) is 0 Å². The van der Waals surface area contributed by atoms with E-state index in [9.17, 15) is 0 Å².